The van der Waals surface area contributed by atoms with E-state index in [0.717, 1.165) is 12.1 Å². The minimum atomic E-state index is 0.931. The molecule has 92 valence electrons. The Morgan fingerprint density at radius 1 is 1.13 bits per heavy atom. The molecule has 0 aromatic heterocycles. The number of hydrogen-bond donors (Lipinski definition) is 0. The monoisotopic (exact) mass is 231 g/mol. The fourth-order valence-corrected chi connectivity index (χ4v) is 3.02. The number of thioether (sulfide) groups is 1. The summed E-state index contributed by atoms with van der Waals surface area (Å²) in [7, 11) is 0. The summed E-state index contributed by atoms with van der Waals surface area (Å²) in [5.74, 6) is 2.80. The summed E-state index contributed by atoms with van der Waals surface area (Å²) in [6.07, 6.45) is 4.26. The maximum absolute atomic E-state index is 2.75. The van der Waals surface area contributed by atoms with Crippen molar-refractivity contribution < 1.29 is 0 Å². The van der Waals surface area contributed by atoms with Gasteiger partial charge in [-0.3, -0.25) is 4.90 Å². The van der Waals surface area contributed by atoms with Gasteiger partial charge in [0.05, 0.1) is 0 Å². The molecule has 0 radical (unpaired) electrons. The molecule has 0 spiro atoms. The third-order valence-electron chi connectivity index (χ3n) is 2.98. The van der Waals surface area contributed by atoms with E-state index in [-0.39, 0.29) is 0 Å². The van der Waals surface area contributed by atoms with Crippen molar-refractivity contribution in [2.24, 2.45) is 0 Å². The van der Waals surface area contributed by atoms with Gasteiger partial charge in [0.1, 0.15) is 0 Å². The largest absolute Gasteiger partial charge is 0.296 e. The van der Waals surface area contributed by atoms with Gasteiger partial charge < -0.3 is 0 Å². The van der Waals surface area contributed by atoms with Gasteiger partial charge in [-0.05, 0) is 25.8 Å². The quantitative estimate of drug-likeness (QED) is 0.706. The fourth-order valence-electron chi connectivity index (χ4n) is 2.19. The molecule has 1 unspecified atom stereocenters. The Hall–Kier alpha value is 0.310. The van der Waals surface area contributed by atoms with Crippen LogP contribution in [-0.4, -0.2) is 35.0 Å². The van der Waals surface area contributed by atoms with Crippen molar-refractivity contribution in [2.75, 3.05) is 18.1 Å². The van der Waals surface area contributed by atoms with Gasteiger partial charge in [-0.1, -0.05) is 34.6 Å². The molecule has 0 N–H and O–H groups in total. The molecule has 2 aliphatic rings. The lowest BCUT2D eigenvalue weighted by Crippen LogP contribution is -2.46. The maximum atomic E-state index is 2.75. The molecule has 2 heteroatoms. The summed E-state index contributed by atoms with van der Waals surface area (Å²) >= 11 is 2.10. The Morgan fingerprint density at radius 3 is 2.13 bits per heavy atom. The summed E-state index contributed by atoms with van der Waals surface area (Å²) in [6.45, 7) is 11.7. The highest BCUT2D eigenvalue weighted by Crippen LogP contribution is 2.30. The van der Waals surface area contributed by atoms with Gasteiger partial charge in [0.25, 0.3) is 0 Å². The topological polar surface area (TPSA) is 3.24 Å². The van der Waals surface area contributed by atoms with E-state index in [1.54, 1.807) is 0 Å². The molecule has 15 heavy (non-hydrogen) atoms. The predicted octanol–water partition coefficient (Wildman–Crippen LogP) is 4.03. The Bertz CT molecular complexity index is 134. The third-order valence-corrected chi connectivity index (χ3v) is 4.22. The molecule has 0 bridgehead atoms. The van der Waals surface area contributed by atoms with Crippen LogP contribution in [0, 0.1) is 0 Å². The van der Waals surface area contributed by atoms with E-state index in [4.69, 9.17) is 0 Å². The van der Waals surface area contributed by atoms with Crippen LogP contribution in [0.3, 0.4) is 0 Å². The highest BCUT2D eigenvalue weighted by atomic mass is 32.2. The van der Waals surface area contributed by atoms with E-state index in [9.17, 15) is 0 Å². The first-order valence-corrected chi connectivity index (χ1v) is 7.90. The SMILES string of the molecule is CC.CC.CCC1CCCN1C1CSC1. The van der Waals surface area contributed by atoms with Crippen LogP contribution < -0.4 is 0 Å². The first-order valence-electron chi connectivity index (χ1n) is 6.75. The van der Waals surface area contributed by atoms with Gasteiger partial charge >= 0.3 is 0 Å². The molecule has 2 rings (SSSR count). The summed E-state index contributed by atoms with van der Waals surface area (Å²) in [5, 5.41) is 0. The average Bonchev–Trinajstić information content (AvgIpc) is 2.69. The Kier molecular flexibility index (Phi) is 9.73. The second kappa shape index (κ2) is 9.53. The number of nitrogens with zero attached hydrogens (tertiary/aromatic N) is 1. The van der Waals surface area contributed by atoms with Crippen LogP contribution in [0.5, 0.6) is 0 Å². The van der Waals surface area contributed by atoms with Crippen LogP contribution >= 0.6 is 11.8 Å². The normalized spacial score (nSPS) is 25.8. The first kappa shape index (κ1) is 15.3. The third kappa shape index (κ3) is 4.36. The maximum Gasteiger partial charge on any atom is 0.0279 e. The van der Waals surface area contributed by atoms with Crippen LogP contribution in [0.15, 0.2) is 0 Å². The molecule has 1 atom stereocenters. The van der Waals surface area contributed by atoms with E-state index in [2.05, 4.69) is 23.6 Å². The van der Waals surface area contributed by atoms with E-state index >= 15 is 0 Å². The number of hydrogen-bond acceptors (Lipinski definition) is 2. The highest BCUT2D eigenvalue weighted by molar-refractivity contribution is 8.00. The van der Waals surface area contributed by atoms with Crippen molar-refractivity contribution in [3.63, 3.8) is 0 Å². The lowest BCUT2D eigenvalue weighted by molar-refractivity contribution is 0.198. The van der Waals surface area contributed by atoms with Gasteiger partial charge in [0.2, 0.25) is 0 Å². The van der Waals surface area contributed by atoms with E-state index < -0.39 is 0 Å². The summed E-state index contributed by atoms with van der Waals surface area (Å²) in [5.41, 5.74) is 0. The van der Waals surface area contributed by atoms with Crippen LogP contribution in [0.1, 0.15) is 53.9 Å². The molecule has 2 aliphatic heterocycles. The fraction of sp³-hybridized carbons (Fsp3) is 1.00. The molecule has 0 aliphatic carbocycles. The average molecular weight is 231 g/mol. The molecule has 0 saturated carbocycles. The van der Waals surface area contributed by atoms with Crippen LogP contribution in [0.2, 0.25) is 0 Å². The van der Waals surface area contributed by atoms with Crippen LogP contribution in [0.4, 0.5) is 0 Å². The molecular weight excluding hydrogens is 202 g/mol. The Labute approximate surface area is 101 Å². The van der Waals surface area contributed by atoms with Gasteiger partial charge in [0.15, 0.2) is 0 Å². The number of likely N-dealkylation sites (tertiary alicyclic amines) is 1. The molecular formula is C13H29NS. The molecule has 2 saturated heterocycles. The molecule has 0 aromatic carbocycles. The van der Waals surface area contributed by atoms with Crippen LogP contribution in [0.25, 0.3) is 0 Å². The Balaban J connectivity index is 0.000000442. The molecule has 1 nitrogen and oxygen atoms in total. The summed E-state index contributed by atoms with van der Waals surface area (Å²) in [4.78, 5) is 2.75. The van der Waals surface area contributed by atoms with E-state index in [0.29, 0.717) is 0 Å². The minimum absolute atomic E-state index is 0.931. The zero-order chi connectivity index (χ0) is 11.7. The summed E-state index contributed by atoms with van der Waals surface area (Å²) < 4.78 is 0. The smallest absolute Gasteiger partial charge is 0.0279 e. The second-order valence-electron chi connectivity index (χ2n) is 3.63. The zero-order valence-electron chi connectivity index (χ0n) is 11.3. The van der Waals surface area contributed by atoms with Gasteiger partial charge in [-0.2, -0.15) is 11.8 Å². The van der Waals surface area contributed by atoms with Gasteiger partial charge in [0, 0.05) is 23.6 Å². The molecule has 2 heterocycles. The van der Waals surface area contributed by atoms with E-state index in [1.807, 2.05) is 27.7 Å². The van der Waals surface area contributed by atoms with Gasteiger partial charge in [-0.25, -0.2) is 0 Å². The zero-order valence-corrected chi connectivity index (χ0v) is 12.1. The number of rotatable bonds is 2. The van der Waals surface area contributed by atoms with Crippen molar-refractivity contribution in [3.05, 3.63) is 0 Å². The Morgan fingerprint density at radius 2 is 1.73 bits per heavy atom. The molecule has 2 fully saturated rings. The predicted molar refractivity (Wildman–Crippen MR) is 73.8 cm³/mol. The van der Waals surface area contributed by atoms with Crippen molar-refractivity contribution >= 4 is 11.8 Å². The standard InChI is InChI=1S/C9H17NS.2C2H6/c1-2-8-4-3-5-10(8)9-6-11-7-9;2*1-2/h8-9H,2-7H2,1H3;2*1-2H3. The summed E-state index contributed by atoms with van der Waals surface area (Å²) in [6, 6.07) is 1.88. The molecule has 0 aromatic rings. The lowest BCUT2D eigenvalue weighted by atomic mass is 10.1. The second-order valence-corrected chi connectivity index (χ2v) is 4.71. The minimum Gasteiger partial charge on any atom is -0.296 e. The van der Waals surface area contributed by atoms with Crippen molar-refractivity contribution in [2.45, 2.75) is 66.0 Å². The highest BCUT2D eigenvalue weighted by Gasteiger charge is 2.32. The van der Waals surface area contributed by atoms with Crippen molar-refractivity contribution in [1.29, 1.82) is 0 Å². The lowest BCUT2D eigenvalue weighted by Gasteiger charge is -2.37. The van der Waals surface area contributed by atoms with Crippen molar-refractivity contribution in [1.82, 2.24) is 4.90 Å². The van der Waals surface area contributed by atoms with E-state index in [1.165, 1.54) is 37.3 Å². The van der Waals surface area contributed by atoms with Crippen LogP contribution in [-0.2, 0) is 0 Å². The van der Waals surface area contributed by atoms with Gasteiger partial charge in [-0.15, -0.1) is 0 Å². The van der Waals surface area contributed by atoms with Crippen molar-refractivity contribution in [3.8, 4) is 0 Å². The first-order chi connectivity index (χ1) is 7.42. The molecule has 0 amide bonds.